The van der Waals surface area contributed by atoms with Crippen molar-refractivity contribution in [3.63, 3.8) is 0 Å². The van der Waals surface area contributed by atoms with Crippen LogP contribution in [-0.4, -0.2) is 16.3 Å². The summed E-state index contributed by atoms with van der Waals surface area (Å²) in [5.74, 6) is 0. The number of halogens is 5. The molecule has 0 radical (unpaired) electrons. The fourth-order valence-corrected chi connectivity index (χ4v) is 2.21. The highest BCUT2D eigenvalue weighted by Crippen LogP contribution is 2.39. The molecule has 1 atom stereocenters. The van der Waals surface area contributed by atoms with E-state index in [0.29, 0.717) is 0 Å². The zero-order valence-corrected chi connectivity index (χ0v) is 9.69. The smallest absolute Gasteiger partial charge is 0.379 e. The normalized spacial score (nSPS) is 14.1. The molecule has 0 aliphatic heterocycles. The van der Waals surface area contributed by atoms with Crippen LogP contribution in [0, 0.1) is 0 Å². The Balaban J connectivity index is 3.19. The second-order valence-corrected chi connectivity index (χ2v) is 4.17. The fourth-order valence-electron chi connectivity index (χ4n) is 0.846. The van der Waals surface area contributed by atoms with Gasteiger partial charge in [0, 0.05) is 26.9 Å². The van der Waals surface area contributed by atoms with Gasteiger partial charge in [-0.2, -0.15) is 13.2 Å². The Hall–Kier alpha value is -0.140. The van der Waals surface area contributed by atoms with Crippen molar-refractivity contribution in [3.05, 3.63) is 26.9 Å². The molecule has 0 amide bonds. The van der Waals surface area contributed by atoms with Crippen molar-refractivity contribution in [3.8, 4) is 0 Å². The summed E-state index contributed by atoms with van der Waals surface area (Å²) in [6.07, 6.45) is -4.83. The lowest BCUT2D eigenvalue weighted by Gasteiger charge is -2.17. The molecule has 7 heteroatoms. The Bertz CT molecular complexity index is 322. The molecule has 1 rings (SSSR count). The molecule has 1 unspecified atom stereocenters. The van der Waals surface area contributed by atoms with E-state index in [2.05, 4.69) is 36.8 Å². The van der Waals surface area contributed by atoms with Crippen LogP contribution in [0.2, 0.25) is 0 Å². The molecule has 1 aromatic rings. The van der Waals surface area contributed by atoms with Gasteiger partial charge in [0.15, 0.2) is 6.10 Å². The van der Waals surface area contributed by atoms with Crippen molar-refractivity contribution >= 4 is 31.9 Å². The predicted octanol–water partition coefficient (Wildman–Crippen LogP) is 3.20. The average Bonchev–Trinajstić information content (AvgIpc) is 2.01. The van der Waals surface area contributed by atoms with Gasteiger partial charge in [-0.25, -0.2) is 0 Å². The Kier molecular flexibility index (Phi) is 3.54. The Morgan fingerprint density at radius 1 is 1.21 bits per heavy atom. The average molecular weight is 335 g/mol. The molecule has 1 N–H and O–H groups in total. The standard InChI is InChI=1S/C7H4Br2F3NO/c8-3-1-13-2-4(9)5(3)6(14)7(10,11)12/h1-2,6,14H. The fraction of sp³-hybridized carbons (Fsp3) is 0.286. The summed E-state index contributed by atoms with van der Waals surface area (Å²) in [6.45, 7) is 0. The minimum Gasteiger partial charge on any atom is -0.379 e. The summed E-state index contributed by atoms with van der Waals surface area (Å²) in [7, 11) is 0. The van der Waals surface area contributed by atoms with E-state index < -0.39 is 12.3 Å². The number of nitrogens with zero attached hydrogens (tertiary/aromatic N) is 1. The van der Waals surface area contributed by atoms with E-state index >= 15 is 0 Å². The number of hydrogen-bond donors (Lipinski definition) is 1. The van der Waals surface area contributed by atoms with Crippen molar-refractivity contribution in [2.24, 2.45) is 0 Å². The van der Waals surface area contributed by atoms with E-state index in [1.807, 2.05) is 0 Å². The van der Waals surface area contributed by atoms with E-state index in [9.17, 15) is 13.2 Å². The van der Waals surface area contributed by atoms with E-state index in [1.54, 1.807) is 0 Å². The largest absolute Gasteiger partial charge is 0.418 e. The highest BCUT2D eigenvalue weighted by molar-refractivity contribution is 9.11. The van der Waals surface area contributed by atoms with Gasteiger partial charge in [-0.15, -0.1) is 0 Å². The van der Waals surface area contributed by atoms with Crippen LogP contribution in [0.25, 0.3) is 0 Å². The van der Waals surface area contributed by atoms with Gasteiger partial charge in [-0.3, -0.25) is 4.98 Å². The van der Waals surface area contributed by atoms with Crippen LogP contribution < -0.4 is 0 Å². The quantitative estimate of drug-likeness (QED) is 0.855. The monoisotopic (exact) mass is 333 g/mol. The molecular formula is C7H4Br2F3NO. The predicted molar refractivity (Wildman–Crippen MR) is 50.7 cm³/mol. The molecule has 0 saturated heterocycles. The van der Waals surface area contributed by atoms with Gasteiger partial charge in [0.05, 0.1) is 0 Å². The second-order valence-electron chi connectivity index (χ2n) is 2.46. The third kappa shape index (κ3) is 2.46. The SMILES string of the molecule is OC(c1c(Br)cncc1Br)C(F)(F)F. The highest BCUT2D eigenvalue weighted by Gasteiger charge is 2.41. The van der Waals surface area contributed by atoms with Crippen molar-refractivity contribution in [1.29, 1.82) is 0 Å². The molecule has 0 saturated carbocycles. The molecule has 0 aliphatic rings. The summed E-state index contributed by atoms with van der Waals surface area (Å²) >= 11 is 5.78. The summed E-state index contributed by atoms with van der Waals surface area (Å²) in [6, 6.07) is 0. The zero-order valence-electron chi connectivity index (χ0n) is 6.52. The number of aromatic nitrogens is 1. The Labute approximate surface area is 94.4 Å². The molecule has 78 valence electrons. The molecule has 1 aromatic heterocycles. The molecule has 2 nitrogen and oxygen atoms in total. The molecular weight excluding hydrogens is 331 g/mol. The highest BCUT2D eigenvalue weighted by atomic mass is 79.9. The lowest BCUT2D eigenvalue weighted by molar-refractivity contribution is -0.207. The first-order valence-electron chi connectivity index (χ1n) is 3.37. The van der Waals surface area contributed by atoms with Gasteiger partial charge in [0.2, 0.25) is 0 Å². The zero-order chi connectivity index (χ0) is 10.9. The van der Waals surface area contributed by atoms with Crippen molar-refractivity contribution < 1.29 is 18.3 Å². The molecule has 0 fully saturated rings. The second kappa shape index (κ2) is 4.16. The maximum absolute atomic E-state index is 12.2. The first kappa shape index (κ1) is 11.9. The Morgan fingerprint density at radius 2 is 1.64 bits per heavy atom. The van der Waals surface area contributed by atoms with Gasteiger partial charge < -0.3 is 5.11 Å². The van der Waals surface area contributed by atoms with Crippen LogP contribution in [0.15, 0.2) is 21.3 Å². The van der Waals surface area contributed by atoms with E-state index in [4.69, 9.17) is 5.11 Å². The number of alkyl halides is 3. The van der Waals surface area contributed by atoms with Crippen LogP contribution in [0.3, 0.4) is 0 Å². The minimum absolute atomic E-state index is 0.108. The third-order valence-electron chi connectivity index (χ3n) is 1.47. The molecule has 0 bridgehead atoms. The van der Waals surface area contributed by atoms with Gasteiger partial charge >= 0.3 is 6.18 Å². The van der Waals surface area contributed by atoms with Gasteiger partial charge in [-0.1, -0.05) is 0 Å². The number of pyridine rings is 1. The summed E-state index contributed by atoms with van der Waals surface area (Å²) in [5.41, 5.74) is -0.271. The van der Waals surface area contributed by atoms with Crippen LogP contribution >= 0.6 is 31.9 Å². The van der Waals surface area contributed by atoms with Gasteiger partial charge in [0.25, 0.3) is 0 Å². The maximum atomic E-state index is 12.2. The summed E-state index contributed by atoms with van der Waals surface area (Å²) in [5, 5.41) is 9.01. The summed E-state index contributed by atoms with van der Waals surface area (Å²) in [4.78, 5) is 3.64. The number of aliphatic hydroxyl groups is 1. The lowest BCUT2D eigenvalue weighted by Crippen LogP contribution is -2.21. The van der Waals surface area contributed by atoms with Gasteiger partial charge in [-0.05, 0) is 31.9 Å². The molecule has 1 heterocycles. The van der Waals surface area contributed by atoms with Crippen LogP contribution in [0.5, 0.6) is 0 Å². The number of hydrogen-bond acceptors (Lipinski definition) is 2. The van der Waals surface area contributed by atoms with E-state index in [-0.39, 0.29) is 14.5 Å². The number of rotatable bonds is 1. The van der Waals surface area contributed by atoms with E-state index in [1.165, 1.54) is 12.4 Å². The molecule has 0 spiro atoms. The minimum atomic E-state index is -4.69. The maximum Gasteiger partial charge on any atom is 0.418 e. The number of aliphatic hydroxyl groups excluding tert-OH is 1. The van der Waals surface area contributed by atoms with Crippen molar-refractivity contribution in [2.45, 2.75) is 12.3 Å². The van der Waals surface area contributed by atoms with Crippen LogP contribution in [0.1, 0.15) is 11.7 Å². The first-order valence-corrected chi connectivity index (χ1v) is 4.96. The van der Waals surface area contributed by atoms with E-state index in [0.717, 1.165) is 0 Å². The third-order valence-corrected chi connectivity index (χ3v) is 2.74. The Morgan fingerprint density at radius 3 is 2.00 bits per heavy atom. The lowest BCUT2D eigenvalue weighted by atomic mass is 10.1. The van der Waals surface area contributed by atoms with Crippen LogP contribution in [0.4, 0.5) is 13.2 Å². The summed E-state index contributed by atoms with van der Waals surface area (Å²) < 4.78 is 36.8. The molecule has 0 aromatic carbocycles. The van der Waals surface area contributed by atoms with Crippen LogP contribution in [-0.2, 0) is 0 Å². The molecule has 0 aliphatic carbocycles. The van der Waals surface area contributed by atoms with Crippen molar-refractivity contribution in [2.75, 3.05) is 0 Å². The molecule has 14 heavy (non-hydrogen) atoms. The first-order chi connectivity index (χ1) is 6.34. The topological polar surface area (TPSA) is 33.1 Å². The van der Waals surface area contributed by atoms with Crippen molar-refractivity contribution in [1.82, 2.24) is 4.98 Å². The van der Waals surface area contributed by atoms with Gasteiger partial charge in [0.1, 0.15) is 0 Å².